The molecule has 4 heteroatoms. The molecule has 0 spiro atoms. The quantitative estimate of drug-likeness (QED) is 0.931. The van der Waals surface area contributed by atoms with Crippen LogP contribution in [0.4, 0.5) is 0 Å². The van der Waals surface area contributed by atoms with Gasteiger partial charge in [0.2, 0.25) is 0 Å². The van der Waals surface area contributed by atoms with E-state index >= 15 is 0 Å². The molecule has 0 saturated heterocycles. The van der Waals surface area contributed by atoms with E-state index in [4.69, 9.17) is 4.74 Å². The van der Waals surface area contributed by atoms with E-state index in [1.54, 1.807) is 18.4 Å². The molecular weight excluding hydrogens is 300 g/mol. The van der Waals surface area contributed by atoms with Gasteiger partial charge in [-0.05, 0) is 35.0 Å². The fourth-order valence-corrected chi connectivity index (χ4v) is 3.23. The highest BCUT2D eigenvalue weighted by molar-refractivity contribution is 9.10. The van der Waals surface area contributed by atoms with Crippen LogP contribution in [0.2, 0.25) is 0 Å². The van der Waals surface area contributed by atoms with E-state index in [-0.39, 0.29) is 0 Å². The smallest absolute Gasteiger partial charge is 0.125 e. The van der Waals surface area contributed by atoms with Gasteiger partial charge in [-0.3, -0.25) is 0 Å². The van der Waals surface area contributed by atoms with Gasteiger partial charge in [0.15, 0.2) is 0 Å². The lowest BCUT2D eigenvalue weighted by Crippen LogP contribution is -2.00. The highest BCUT2D eigenvalue weighted by Gasteiger charge is 2.17. The Morgan fingerprint density at radius 1 is 1.35 bits per heavy atom. The average molecular weight is 313 g/mol. The number of halogens is 1. The number of rotatable bonds is 3. The van der Waals surface area contributed by atoms with Crippen LogP contribution < -0.4 is 4.74 Å². The van der Waals surface area contributed by atoms with Crippen LogP contribution in [0.1, 0.15) is 21.4 Å². The molecule has 0 amide bonds. The lowest BCUT2D eigenvalue weighted by atomic mass is 10.1. The number of methoxy groups -OCH3 is 1. The molecule has 1 aromatic heterocycles. The second-order valence-electron chi connectivity index (χ2n) is 3.70. The lowest BCUT2D eigenvalue weighted by Gasteiger charge is -2.13. The van der Waals surface area contributed by atoms with Crippen LogP contribution in [0.15, 0.2) is 34.8 Å². The molecule has 1 atom stereocenters. The normalized spacial score (nSPS) is 12.5. The zero-order valence-electron chi connectivity index (χ0n) is 9.61. The van der Waals surface area contributed by atoms with Crippen LogP contribution in [0.3, 0.4) is 0 Å². The summed E-state index contributed by atoms with van der Waals surface area (Å²) in [5.41, 5.74) is 0.795. The number of aliphatic hydroxyl groups is 1. The van der Waals surface area contributed by atoms with Gasteiger partial charge in [-0.15, -0.1) is 11.3 Å². The molecule has 1 N–H and O–H groups in total. The van der Waals surface area contributed by atoms with E-state index in [2.05, 4.69) is 15.9 Å². The third-order valence-corrected chi connectivity index (χ3v) is 4.77. The Morgan fingerprint density at radius 2 is 2.06 bits per heavy atom. The third kappa shape index (κ3) is 2.54. The molecule has 1 heterocycles. The Kier molecular flexibility index (Phi) is 3.86. The maximum Gasteiger partial charge on any atom is 0.125 e. The molecule has 0 aliphatic carbocycles. The minimum atomic E-state index is -0.638. The van der Waals surface area contributed by atoms with Crippen molar-refractivity contribution in [1.29, 1.82) is 0 Å². The van der Waals surface area contributed by atoms with Crippen molar-refractivity contribution in [2.45, 2.75) is 13.0 Å². The summed E-state index contributed by atoms with van der Waals surface area (Å²) in [7, 11) is 1.61. The van der Waals surface area contributed by atoms with Crippen molar-refractivity contribution in [3.8, 4) is 5.75 Å². The van der Waals surface area contributed by atoms with E-state index in [0.717, 1.165) is 19.8 Å². The molecule has 0 fully saturated rings. The maximum absolute atomic E-state index is 10.4. The van der Waals surface area contributed by atoms with Gasteiger partial charge in [0.25, 0.3) is 0 Å². The fourth-order valence-electron chi connectivity index (χ4n) is 1.66. The van der Waals surface area contributed by atoms with Crippen LogP contribution in [-0.4, -0.2) is 12.2 Å². The van der Waals surface area contributed by atoms with Crippen molar-refractivity contribution < 1.29 is 9.84 Å². The maximum atomic E-state index is 10.4. The number of aryl methyl sites for hydroxylation is 1. The molecule has 0 radical (unpaired) electrons. The van der Waals surface area contributed by atoms with Gasteiger partial charge < -0.3 is 9.84 Å². The van der Waals surface area contributed by atoms with Crippen molar-refractivity contribution in [3.63, 3.8) is 0 Å². The van der Waals surface area contributed by atoms with Crippen molar-refractivity contribution in [2.75, 3.05) is 7.11 Å². The zero-order valence-corrected chi connectivity index (χ0v) is 12.0. The van der Waals surface area contributed by atoms with Gasteiger partial charge in [0.1, 0.15) is 11.9 Å². The number of ether oxygens (including phenoxy) is 1. The molecule has 0 aliphatic rings. The minimum absolute atomic E-state index is 0.638. The average Bonchev–Trinajstić information content (AvgIpc) is 2.68. The van der Waals surface area contributed by atoms with Gasteiger partial charge in [-0.2, -0.15) is 0 Å². The molecular formula is C13H13BrO2S. The van der Waals surface area contributed by atoms with Gasteiger partial charge in [0, 0.05) is 19.8 Å². The SMILES string of the molecule is COc1ccccc1C(O)c1cc(Br)c(C)s1. The van der Waals surface area contributed by atoms with Crippen molar-refractivity contribution in [1.82, 2.24) is 0 Å². The predicted octanol–water partition coefficient (Wildman–Crippen LogP) is 3.91. The molecule has 17 heavy (non-hydrogen) atoms. The van der Waals surface area contributed by atoms with E-state index in [1.807, 2.05) is 37.3 Å². The zero-order chi connectivity index (χ0) is 12.4. The number of thiophene rings is 1. The lowest BCUT2D eigenvalue weighted by molar-refractivity contribution is 0.218. The molecule has 1 unspecified atom stereocenters. The Balaban J connectivity index is 2.39. The van der Waals surface area contributed by atoms with E-state index in [9.17, 15) is 5.11 Å². The molecule has 90 valence electrons. The summed E-state index contributed by atoms with van der Waals surface area (Å²) >= 11 is 5.04. The first-order valence-electron chi connectivity index (χ1n) is 5.20. The summed E-state index contributed by atoms with van der Waals surface area (Å²) in [5.74, 6) is 0.710. The second kappa shape index (κ2) is 5.21. The predicted molar refractivity (Wildman–Crippen MR) is 73.8 cm³/mol. The summed E-state index contributed by atoms with van der Waals surface area (Å²) in [4.78, 5) is 2.08. The number of para-hydroxylation sites is 1. The number of benzene rings is 1. The molecule has 0 saturated carbocycles. The van der Waals surface area contributed by atoms with E-state index < -0.39 is 6.10 Å². The summed E-state index contributed by atoms with van der Waals surface area (Å²) in [6, 6.07) is 9.48. The Hall–Kier alpha value is -0.840. The first-order chi connectivity index (χ1) is 8.13. The van der Waals surface area contributed by atoms with E-state index in [1.165, 1.54) is 0 Å². The Labute approximate surface area is 113 Å². The first-order valence-corrected chi connectivity index (χ1v) is 6.81. The number of aliphatic hydroxyl groups excluding tert-OH is 1. The largest absolute Gasteiger partial charge is 0.496 e. The van der Waals surface area contributed by atoms with Crippen LogP contribution in [0, 0.1) is 6.92 Å². The van der Waals surface area contributed by atoms with Crippen LogP contribution >= 0.6 is 27.3 Å². The standard InChI is InChI=1S/C13H13BrO2S/c1-8-10(14)7-12(17-8)13(15)9-5-3-4-6-11(9)16-2/h3-7,13,15H,1-2H3. The highest BCUT2D eigenvalue weighted by Crippen LogP contribution is 2.36. The summed E-state index contributed by atoms with van der Waals surface area (Å²) < 4.78 is 6.29. The minimum Gasteiger partial charge on any atom is -0.496 e. The molecule has 2 rings (SSSR count). The molecule has 0 aliphatic heterocycles. The van der Waals surface area contributed by atoms with Gasteiger partial charge in [0.05, 0.1) is 7.11 Å². The van der Waals surface area contributed by atoms with Crippen LogP contribution in [0.25, 0.3) is 0 Å². The second-order valence-corrected chi connectivity index (χ2v) is 5.84. The fraction of sp³-hybridized carbons (Fsp3) is 0.231. The Bertz CT molecular complexity index is 502. The number of hydrogen-bond donors (Lipinski definition) is 1. The van der Waals surface area contributed by atoms with Crippen molar-refractivity contribution in [2.24, 2.45) is 0 Å². The van der Waals surface area contributed by atoms with Crippen LogP contribution in [0.5, 0.6) is 5.75 Å². The van der Waals surface area contributed by atoms with Crippen LogP contribution in [-0.2, 0) is 0 Å². The first kappa shape index (κ1) is 12.6. The van der Waals surface area contributed by atoms with Crippen molar-refractivity contribution in [3.05, 3.63) is 50.1 Å². The molecule has 0 bridgehead atoms. The topological polar surface area (TPSA) is 29.5 Å². The van der Waals surface area contributed by atoms with Gasteiger partial charge in [-0.25, -0.2) is 0 Å². The van der Waals surface area contributed by atoms with Gasteiger partial charge in [-0.1, -0.05) is 18.2 Å². The highest BCUT2D eigenvalue weighted by atomic mass is 79.9. The molecule has 2 aromatic rings. The summed E-state index contributed by atoms with van der Waals surface area (Å²) in [5, 5.41) is 10.4. The number of hydrogen-bond acceptors (Lipinski definition) is 3. The molecule has 2 nitrogen and oxygen atoms in total. The van der Waals surface area contributed by atoms with E-state index in [0.29, 0.717) is 5.75 Å². The summed E-state index contributed by atoms with van der Waals surface area (Å²) in [6.07, 6.45) is -0.638. The van der Waals surface area contributed by atoms with Crippen molar-refractivity contribution >= 4 is 27.3 Å². The monoisotopic (exact) mass is 312 g/mol. The third-order valence-electron chi connectivity index (χ3n) is 2.58. The summed E-state index contributed by atoms with van der Waals surface area (Å²) in [6.45, 7) is 2.02. The Morgan fingerprint density at radius 3 is 2.65 bits per heavy atom. The van der Waals surface area contributed by atoms with Gasteiger partial charge >= 0.3 is 0 Å². The molecule has 1 aromatic carbocycles.